The van der Waals surface area contributed by atoms with E-state index in [0.29, 0.717) is 12.6 Å². The zero-order chi connectivity index (χ0) is 13.1. The van der Waals surface area contributed by atoms with Gasteiger partial charge in [0, 0.05) is 18.2 Å². The van der Waals surface area contributed by atoms with Gasteiger partial charge in [0.2, 0.25) is 0 Å². The number of piperidine rings is 1. The van der Waals surface area contributed by atoms with E-state index >= 15 is 0 Å². The van der Waals surface area contributed by atoms with Gasteiger partial charge in [-0.3, -0.25) is 4.90 Å². The first-order chi connectivity index (χ1) is 8.60. The van der Waals surface area contributed by atoms with E-state index in [1.165, 1.54) is 25.9 Å². The number of hydrogen-bond acceptors (Lipinski definition) is 4. The molecule has 2 rings (SSSR count). The fraction of sp³-hybridized carbons (Fsp3) is 0.714. The molecule has 2 heterocycles. The van der Waals surface area contributed by atoms with Crippen LogP contribution in [0, 0.1) is 6.92 Å². The lowest BCUT2D eigenvalue weighted by molar-refractivity contribution is 0.132. The van der Waals surface area contributed by atoms with Gasteiger partial charge in [0.1, 0.15) is 11.5 Å². The van der Waals surface area contributed by atoms with Crippen molar-refractivity contribution in [3.05, 3.63) is 23.2 Å². The van der Waals surface area contributed by atoms with Crippen LogP contribution < -0.4 is 5.73 Å². The van der Waals surface area contributed by atoms with Crippen molar-refractivity contribution in [2.75, 3.05) is 27.2 Å². The molecule has 0 aromatic carbocycles. The smallest absolute Gasteiger partial charge is 0.118 e. The van der Waals surface area contributed by atoms with E-state index in [2.05, 4.69) is 30.0 Å². The normalized spacial score (nSPS) is 18.7. The van der Waals surface area contributed by atoms with Crippen molar-refractivity contribution in [3.8, 4) is 0 Å². The molecule has 1 aromatic heterocycles. The van der Waals surface area contributed by atoms with Crippen LogP contribution in [0.25, 0.3) is 0 Å². The molecule has 0 aliphatic carbocycles. The van der Waals surface area contributed by atoms with Gasteiger partial charge in [-0.2, -0.15) is 0 Å². The van der Waals surface area contributed by atoms with Crippen LogP contribution >= 0.6 is 0 Å². The average Bonchev–Trinajstić information content (AvgIpc) is 2.70. The number of nitrogens with two attached hydrogens (primary N) is 1. The highest BCUT2D eigenvalue weighted by Gasteiger charge is 2.21. The van der Waals surface area contributed by atoms with Crippen molar-refractivity contribution in [1.82, 2.24) is 9.80 Å². The quantitative estimate of drug-likeness (QED) is 0.882. The van der Waals surface area contributed by atoms with Crippen molar-refractivity contribution < 1.29 is 4.42 Å². The van der Waals surface area contributed by atoms with Gasteiger partial charge in [-0.05, 0) is 53.0 Å². The van der Waals surface area contributed by atoms with Gasteiger partial charge in [0.15, 0.2) is 0 Å². The predicted octanol–water partition coefficient (Wildman–Crippen LogP) is 1.57. The number of furan rings is 1. The minimum Gasteiger partial charge on any atom is -0.465 e. The molecule has 2 N–H and O–H groups in total. The summed E-state index contributed by atoms with van der Waals surface area (Å²) in [6, 6.07) is 2.77. The molecule has 1 aliphatic rings. The van der Waals surface area contributed by atoms with Crippen LogP contribution in [0.2, 0.25) is 0 Å². The number of hydrogen-bond donors (Lipinski definition) is 1. The first-order valence-electron chi connectivity index (χ1n) is 6.77. The van der Waals surface area contributed by atoms with E-state index in [1.807, 2.05) is 6.92 Å². The van der Waals surface area contributed by atoms with E-state index in [4.69, 9.17) is 10.2 Å². The molecule has 18 heavy (non-hydrogen) atoms. The summed E-state index contributed by atoms with van der Waals surface area (Å²) < 4.78 is 5.76. The summed E-state index contributed by atoms with van der Waals surface area (Å²) in [5.41, 5.74) is 6.80. The maximum atomic E-state index is 5.76. The van der Waals surface area contributed by atoms with Crippen molar-refractivity contribution in [1.29, 1.82) is 0 Å². The molecular formula is C14H25N3O. The number of nitrogens with zero attached hydrogens (tertiary/aromatic N) is 2. The Balaban J connectivity index is 1.91. The number of aryl methyl sites for hydroxylation is 1. The summed E-state index contributed by atoms with van der Waals surface area (Å²) >= 11 is 0. The Bertz CT molecular complexity index is 380. The van der Waals surface area contributed by atoms with Crippen molar-refractivity contribution in [3.63, 3.8) is 0 Å². The molecule has 0 bridgehead atoms. The fourth-order valence-corrected chi connectivity index (χ4v) is 2.68. The zero-order valence-electron chi connectivity index (χ0n) is 11.8. The molecule has 1 aliphatic heterocycles. The van der Waals surface area contributed by atoms with E-state index < -0.39 is 0 Å². The molecule has 1 saturated heterocycles. The Morgan fingerprint density at radius 3 is 2.67 bits per heavy atom. The van der Waals surface area contributed by atoms with Gasteiger partial charge in [-0.1, -0.05) is 0 Å². The first kappa shape index (κ1) is 13.6. The van der Waals surface area contributed by atoms with Crippen LogP contribution in [0.15, 0.2) is 10.5 Å². The zero-order valence-corrected chi connectivity index (χ0v) is 11.8. The van der Waals surface area contributed by atoms with Gasteiger partial charge < -0.3 is 15.1 Å². The van der Waals surface area contributed by atoms with Gasteiger partial charge in [0.25, 0.3) is 0 Å². The topological polar surface area (TPSA) is 45.6 Å². The van der Waals surface area contributed by atoms with Gasteiger partial charge >= 0.3 is 0 Å². The Labute approximate surface area is 110 Å². The third-order valence-corrected chi connectivity index (χ3v) is 4.01. The molecule has 102 valence electrons. The molecule has 0 spiro atoms. The molecule has 4 heteroatoms. The Morgan fingerprint density at radius 2 is 2.11 bits per heavy atom. The highest BCUT2D eigenvalue weighted by molar-refractivity contribution is 5.20. The van der Waals surface area contributed by atoms with Crippen molar-refractivity contribution >= 4 is 0 Å². The first-order valence-corrected chi connectivity index (χ1v) is 6.77. The highest BCUT2D eigenvalue weighted by atomic mass is 16.3. The molecule has 4 nitrogen and oxygen atoms in total. The van der Waals surface area contributed by atoms with E-state index in [9.17, 15) is 0 Å². The van der Waals surface area contributed by atoms with Crippen molar-refractivity contribution in [2.45, 2.75) is 38.9 Å². The van der Waals surface area contributed by atoms with Gasteiger partial charge in [-0.15, -0.1) is 0 Å². The molecule has 1 aromatic rings. The highest BCUT2D eigenvalue weighted by Crippen LogP contribution is 2.19. The Kier molecular flexibility index (Phi) is 4.43. The summed E-state index contributed by atoms with van der Waals surface area (Å²) in [6.45, 7) is 5.82. The molecule has 0 unspecified atom stereocenters. The third-order valence-electron chi connectivity index (χ3n) is 4.01. The summed E-state index contributed by atoms with van der Waals surface area (Å²) in [5, 5.41) is 0. The number of likely N-dealkylation sites (tertiary alicyclic amines) is 1. The maximum Gasteiger partial charge on any atom is 0.118 e. The summed E-state index contributed by atoms with van der Waals surface area (Å²) in [4.78, 5) is 4.81. The SMILES string of the molecule is Cc1oc(CN(C)C2CCN(C)CC2)cc1CN. The molecule has 0 radical (unpaired) electrons. The van der Waals surface area contributed by atoms with Crippen molar-refractivity contribution in [2.24, 2.45) is 5.73 Å². The monoisotopic (exact) mass is 251 g/mol. The number of rotatable bonds is 4. The molecular weight excluding hydrogens is 226 g/mol. The second-order valence-electron chi connectivity index (χ2n) is 5.45. The van der Waals surface area contributed by atoms with Crippen LogP contribution in [0.3, 0.4) is 0 Å². The lowest BCUT2D eigenvalue weighted by atomic mass is 10.0. The minimum atomic E-state index is 0.563. The van der Waals surface area contributed by atoms with Crippen LogP contribution in [0.5, 0.6) is 0 Å². The molecule has 0 amide bonds. The van der Waals surface area contributed by atoms with E-state index in [0.717, 1.165) is 23.6 Å². The van der Waals surface area contributed by atoms with Crippen LogP contribution in [-0.4, -0.2) is 43.0 Å². The third kappa shape index (κ3) is 3.13. The minimum absolute atomic E-state index is 0.563. The Hall–Kier alpha value is -0.840. The van der Waals surface area contributed by atoms with Gasteiger partial charge in [0.05, 0.1) is 6.54 Å². The molecule has 1 fully saturated rings. The molecule has 0 atom stereocenters. The summed E-state index contributed by atoms with van der Waals surface area (Å²) in [5.74, 6) is 2.00. The van der Waals surface area contributed by atoms with Crippen LogP contribution in [-0.2, 0) is 13.1 Å². The van der Waals surface area contributed by atoms with Crippen LogP contribution in [0.1, 0.15) is 29.9 Å². The summed E-state index contributed by atoms with van der Waals surface area (Å²) in [7, 11) is 4.38. The predicted molar refractivity (Wildman–Crippen MR) is 73.3 cm³/mol. The maximum absolute atomic E-state index is 5.76. The standard InChI is InChI=1S/C14H25N3O/c1-11-12(9-15)8-14(18-11)10-17(3)13-4-6-16(2)7-5-13/h8,13H,4-7,9-10,15H2,1-3H3. The van der Waals surface area contributed by atoms with Gasteiger partial charge in [-0.25, -0.2) is 0 Å². The largest absolute Gasteiger partial charge is 0.465 e. The molecule has 0 saturated carbocycles. The lowest BCUT2D eigenvalue weighted by Gasteiger charge is -2.34. The average molecular weight is 251 g/mol. The van der Waals surface area contributed by atoms with Crippen LogP contribution in [0.4, 0.5) is 0 Å². The Morgan fingerprint density at radius 1 is 1.44 bits per heavy atom. The van der Waals surface area contributed by atoms with E-state index in [-0.39, 0.29) is 0 Å². The van der Waals surface area contributed by atoms with E-state index in [1.54, 1.807) is 0 Å². The second kappa shape index (κ2) is 5.87. The fourth-order valence-electron chi connectivity index (χ4n) is 2.68. The summed E-state index contributed by atoms with van der Waals surface area (Å²) in [6.07, 6.45) is 2.49. The lowest BCUT2D eigenvalue weighted by Crippen LogP contribution is -2.41. The second-order valence-corrected chi connectivity index (χ2v) is 5.45.